The molecule has 7 nitrogen and oxygen atoms in total. The standard InChI is InChI=1S/C49H34N6O/c1-29-24-30(2)43(31(3)25-29)42-28-52-48-40-26-34(18-20-36(40)38-16-10-22-50-46(38)54(42)48)56-35-19-21-37-39-17-11-23-51-47(39)55-45(33-14-8-5-9-15-33)44(32-12-6-4-7-13-32)53-49(55)41(37)27-35/h4-28H,1-3H3. The summed E-state index contributed by atoms with van der Waals surface area (Å²) in [5, 5.41) is 6.19. The highest BCUT2D eigenvalue weighted by atomic mass is 16.5. The summed E-state index contributed by atoms with van der Waals surface area (Å²) < 4.78 is 11.2. The van der Waals surface area contributed by atoms with Gasteiger partial charge in [-0.3, -0.25) is 8.80 Å². The molecule has 7 heteroatoms. The van der Waals surface area contributed by atoms with Crippen molar-refractivity contribution >= 4 is 54.9 Å². The third-order valence-corrected chi connectivity index (χ3v) is 10.9. The smallest absolute Gasteiger partial charge is 0.147 e. The first-order valence-electron chi connectivity index (χ1n) is 18.8. The highest BCUT2D eigenvalue weighted by Crippen LogP contribution is 2.41. The first-order chi connectivity index (χ1) is 27.5. The van der Waals surface area contributed by atoms with Crippen molar-refractivity contribution in [2.75, 3.05) is 0 Å². The van der Waals surface area contributed by atoms with Gasteiger partial charge < -0.3 is 4.74 Å². The van der Waals surface area contributed by atoms with Crippen LogP contribution >= 0.6 is 0 Å². The Labute approximate surface area is 322 Å². The number of rotatable bonds is 5. The number of pyridine rings is 4. The Hall–Kier alpha value is -7.38. The van der Waals surface area contributed by atoms with E-state index < -0.39 is 0 Å². The molecule has 0 spiro atoms. The fraction of sp³-hybridized carbons (Fsp3) is 0.0612. The number of aromatic nitrogens is 6. The molecular formula is C49H34N6O. The van der Waals surface area contributed by atoms with Crippen molar-refractivity contribution in [3.63, 3.8) is 0 Å². The second-order valence-electron chi connectivity index (χ2n) is 14.5. The van der Waals surface area contributed by atoms with Gasteiger partial charge >= 0.3 is 0 Å². The summed E-state index contributed by atoms with van der Waals surface area (Å²) in [6.07, 6.45) is 5.68. The van der Waals surface area contributed by atoms with E-state index in [2.05, 4.69) is 127 Å². The van der Waals surface area contributed by atoms with Crippen LogP contribution in [0.2, 0.25) is 0 Å². The molecular weight excluding hydrogens is 689 g/mol. The fourth-order valence-corrected chi connectivity index (χ4v) is 8.70. The van der Waals surface area contributed by atoms with Crippen LogP contribution in [0.5, 0.6) is 11.5 Å². The van der Waals surface area contributed by atoms with E-state index in [9.17, 15) is 0 Å². The number of aryl methyl sites for hydroxylation is 3. The molecule has 0 bridgehead atoms. The van der Waals surface area contributed by atoms with Gasteiger partial charge in [-0.25, -0.2) is 19.9 Å². The molecule has 0 unspecified atom stereocenters. The van der Waals surface area contributed by atoms with E-state index >= 15 is 0 Å². The highest BCUT2D eigenvalue weighted by Gasteiger charge is 2.22. The van der Waals surface area contributed by atoms with Gasteiger partial charge in [0.1, 0.15) is 34.1 Å². The molecule has 0 N–H and O–H groups in total. The third-order valence-electron chi connectivity index (χ3n) is 10.9. The van der Waals surface area contributed by atoms with Crippen LogP contribution in [0.4, 0.5) is 0 Å². The monoisotopic (exact) mass is 722 g/mol. The van der Waals surface area contributed by atoms with E-state index in [1.54, 1.807) is 0 Å². The van der Waals surface area contributed by atoms with Crippen molar-refractivity contribution in [2.24, 2.45) is 0 Å². The SMILES string of the molecule is Cc1cc(C)c(-c2cnc3c4cc(Oc5ccc6c7cccnc7n7c(-c8ccccc8)c(-c8ccccc8)nc7c6c5)ccc4c4cccnc4n23)c(C)c1. The van der Waals surface area contributed by atoms with Crippen LogP contribution in [0.25, 0.3) is 88.7 Å². The molecule has 11 aromatic rings. The second kappa shape index (κ2) is 12.3. The van der Waals surface area contributed by atoms with Gasteiger partial charge in [0.2, 0.25) is 0 Å². The van der Waals surface area contributed by atoms with Gasteiger partial charge in [0, 0.05) is 50.6 Å². The summed E-state index contributed by atoms with van der Waals surface area (Å²) in [7, 11) is 0. The number of nitrogens with zero attached hydrogens (tertiary/aromatic N) is 6. The topological polar surface area (TPSA) is 69.6 Å². The third kappa shape index (κ3) is 4.84. The van der Waals surface area contributed by atoms with Crippen LogP contribution in [0.3, 0.4) is 0 Å². The van der Waals surface area contributed by atoms with Crippen LogP contribution in [-0.2, 0) is 0 Å². The Morgan fingerprint density at radius 2 is 1.02 bits per heavy atom. The molecule has 0 atom stereocenters. The van der Waals surface area contributed by atoms with Crippen molar-refractivity contribution in [1.29, 1.82) is 0 Å². The van der Waals surface area contributed by atoms with E-state index in [0.717, 1.165) is 83.1 Å². The fourth-order valence-electron chi connectivity index (χ4n) is 8.70. The number of hydrogen-bond donors (Lipinski definition) is 0. The zero-order chi connectivity index (χ0) is 37.5. The molecule has 0 aliphatic heterocycles. The summed E-state index contributed by atoms with van der Waals surface area (Å²) in [6, 6.07) is 46.1. The maximum atomic E-state index is 6.76. The largest absolute Gasteiger partial charge is 0.457 e. The Morgan fingerprint density at radius 1 is 0.464 bits per heavy atom. The first kappa shape index (κ1) is 32.1. The predicted molar refractivity (Wildman–Crippen MR) is 227 cm³/mol. The van der Waals surface area contributed by atoms with E-state index in [1.165, 1.54) is 22.3 Å². The molecule has 0 aliphatic rings. The normalized spacial score (nSPS) is 11.8. The quantitative estimate of drug-likeness (QED) is 0.165. The minimum absolute atomic E-state index is 0.709. The lowest BCUT2D eigenvalue weighted by molar-refractivity contribution is 0.484. The number of hydrogen-bond acceptors (Lipinski definition) is 5. The summed E-state index contributed by atoms with van der Waals surface area (Å²) in [5.41, 5.74) is 13.3. The van der Waals surface area contributed by atoms with Crippen molar-refractivity contribution in [3.8, 4) is 45.3 Å². The predicted octanol–water partition coefficient (Wildman–Crippen LogP) is 12.1. The molecule has 0 saturated heterocycles. The maximum Gasteiger partial charge on any atom is 0.147 e. The van der Waals surface area contributed by atoms with Gasteiger partial charge in [-0.05, 0) is 103 Å². The highest BCUT2D eigenvalue weighted by molar-refractivity contribution is 6.13. The summed E-state index contributed by atoms with van der Waals surface area (Å²) in [5.74, 6) is 1.42. The van der Waals surface area contributed by atoms with Crippen molar-refractivity contribution in [2.45, 2.75) is 20.8 Å². The molecule has 0 fully saturated rings. The van der Waals surface area contributed by atoms with Gasteiger partial charge in [-0.15, -0.1) is 0 Å². The summed E-state index contributed by atoms with van der Waals surface area (Å²) in [6.45, 7) is 6.48. The van der Waals surface area contributed by atoms with Gasteiger partial charge in [0.25, 0.3) is 0 Å². The lowest BCUT2D eigenvalue weighted by Gasteiger charge is -2.15. The Balaban J connectivity index is 1.11. The molecule has 0 saturated carbocycles. The first-order valence-corrected chi connectivity index (χ1v) is 18.8. The molecule has 0 aliphatic carbocycles. The summed E-state index contributed by atoms with van der Waals surface area (Å²) >= 11 is 0. The van der Waals surface area contributed by atoms with E-state index in [1.807, 2.05) is 55.0 Å². The maximum absolute atomic E-state index is 6.76. The van der Waals surface area contributed by atoms with E-state index in [-0.39, 0.29) is 0 Å². The summed E-state index contributed by atoms with van der Waals surface area (Å²) in [4.78, 5) is 20.2. The number of fused-ring (bicyclic) bond motifs is 12. The van der Waals surface area contributed by atoms with Crippen LogP contribution in [-0.4, -0.2) is 28.7 Å². The minimum Gasteiger partial charge on any atom is -0.457 e. The zero-order valence-corrected chi connectivity index (χ0v) is 31.0. The van der Waals surface area contributed by atoms with Crippen molar-refractivity contribution in [3.05, 3.63) is 169 Å². The van der Waals surface area contributed by atoms with Gasteiger partial charge in [0.05, 0.1) is 23.3 Å². The van der Waals surface area contributed by atoms with Crippen LogP contribution in [0.15, 0.2) is 152 Å². The van der Waals surface area contributed by atoms with Crippen molar-refractivity contribution < 1.29 is 4.74 Å². The number of benzene rings is 5. The average Bonchev–Trinajstić information content (AvgIpc) is 3.85. The van der Waals surface area contributed by atoms with Gasteiger partial charge in [-0.1, -0.05) is 78.4 Å². The second-order valence-corrected chi connectivity index (χ2v) is 14.5. The van der Waals surface area contributed by atoms with Gasteiger partial charge in [0.15, 0.2) is 0 Å². The molecule has 0 radical (unpaired) electrons. The van der Waals surface area contributed by atoms with Crippen LogP contribution in [0, 0.1) is 20.8 Å². The minimum atomic E-state index is 0.709. The molecule has 0 amide bonds. The molecule has 56 heavy (non-hydrogen) atoms. The van der Waals surface area contributed by atoms with Crippen LogP contribution in [0.1, 0.15) is 16.7 Å². The van der Waals surface area contributed by atoms with E-state index in [4.69, 9.17) is 24.7 Å². The Morgan fingerprint density at radius 3 is 1.64 bits per heavy atom. The molecule has 6 heterocycles. The molecule has 11 rings (SSSR count). The zero-order valence-electron chi connectivity index (χ0n) is 31.0. The average molecular weight is 723 g/mol. The molecule has 6 aromatic heterocycles. The Kier molecular flexibility index (Phi) is 7.06. The number of imidazole rings is 2. The van der Waals surface area contributed by atoms with Gasteiger partial charge in [-0.2, -0.15) is 0 Å². The van der Waals surface area contributed by atoms with Crippen LogP contribution < -0.4 is 4.74 Å². The molecule has 266 valence electrons. The molecule has 5 aromatic carbocycles. The number of ether oxygens (including phenoxy) is 1. The lowest BCUT2D eigenvalue weighted by atomic mass is 9.97. The Bertz CT molecular complexity index is 3340. The van der Waals surface area contributed by atoms with Crippen molar-refractivity contribution in [1.82, 2.24) is 28.7 Å². The van der Waals surface area contributed by atoms with E-state index in [0.29, 0.717) is 11.5 Å². The lowest BCUT2D eigenvalue weighted by Crippen LogP contribution is -1.99.